The Bertz CT molecular complexity index is 1670. The third-order valence-corrected chi connectivity index (χ3v) is 7.57. The summed E-state index contributed by atoms with van der Waals surface area (Å²) in [6.07, 6.45) is -0.712. The Labute approximate surface area is 256 Å². The molecule has 1 aliphatic rings. The number of nitrogens with one attached hydrogen (secondary N) is 2. The lowest BCUT2D eigenvalue weighted by molar-refractivity contribution is -0.143. The average Bonchev–Trinajstić information content (AvgIpc) is 3.38. The fraction of sp³-hybridized carbons (Fsp3) is 0.194. The van der Waals surface area contributed by atoms with Crippen LogP contribution in [0.1, 0.15) is 51.0 Å². The summed E-state index contributed by atoms with van der Waals surface area (Å²) in [5.74, 6) is 4.74. The number of aliphatic hydroxyl groups excluding tert-OH is 1. The van der Waals surface area contributed by atoms with Crippen LogP contribution < -0.4 is 10.6 Å². The summed E-state index contributed by atoms with van der Waals surface area (Å²) >= 11 is 0. The molecule has 8 nitrogen and oxygen atoms in total. The van der Waals surface area contributed by atoms with Gasteiger partial charge in [-0.05, 0) is 71.1 Å². The van der Waals surface area contributed by atoms with Crippen LogP contribution >= 0.6 is 0 Å². The molecular weight excluding hydrogens is 556 g/mol. The summed E-state index contributed by atoms with van der Waals surface area (Å²) < 4.78 is 10.5. The number of hydrogen-bond donors (Lipinski definition) is 3. The molecule has 0 saturated heterocycles. The summed E-state index contributed by atoms with van der Waals surface area (Å²) in [4.78, 5) is 38.4. The molecule has 0 aliphatic heterocycles. The predicted octanol–water partition coefficient (Wildman–Crippen LogP) is 4.78. The Morgan fingerprint density at radius 1 is 0.795 bits per heavy atom. The topological polar surface area (TPSA) is 114 Å². The molecular formula is C36H32N2O6. The van der Waals surface area contributed by atoms with Crippen LogP contribution in [0.5, 0.6) is 0 Å². The number of benzene rings is 4. The summed E-state index contributed by atoms with van der Waals surface area (Å²) in [7, 11) is 1.21. The second-order valence-corrected chi connectivity index (χ2v) is 10.4. The largest absolute Gasteiger partial charge is 0.467 e. The molecule has 0 unspecified atom stereocenters. The van der Waals surface area contributed by atoms with Gasteiger partial charge in [-0.1, -0.05) is 72.5 Å². The van der Waals surface area contributed by atoms with Crippen LogP contribution in [0.25, 0.3) is 11.1 Å². The number of ether oxygens (including phenoxy) is 2. The molecule has 222 valence electrons. The first kappa shape index (κ1) is 30.1. The molecule has 0 heterocycles. The second kappa shape index (κ2) is 13.7. The maximum atomic E-state index is 13.0. The van der Waals surface area contributed by atoms with Crippen molar-refractivity contribution in [1.82, 2.24) is 10.6 Å². The van der Waals surface area contributed by atoms with Gasteiger partial charge >= 0.3 is 12.1 Å². The highest BCUT2D eigenvalue weighted by Gasteiger charge is 2.32. The van der Waals surface area contributed by atoms with Gasteiger partial charge in [0.2, 0.25) is 0 Å². The Morgan fingerprint density at radius 2 is 1.34 bits per heavy atom. The summed E-state index contributed by atoms with van der Waals surface area (Å²) in [5, 5.41) is 14.5. The molecule has 4 aromatic rings. The van der Waals surface area contributed by atoms with Crippen molar-refractivity contribution in [2.75, 3.05) is 13.7 Å². The minimum Gasteiger partial charge on any atom is -0.467 e. The van der Waals surface area contributed by atoms with E-state index in [0.29, 0.717) is 11.1 Å². The van der Waals surface area contributed by atoms with Crippen LogP contribution in [0.2, 0.25) is 0 Å². The van der Waals surface area contributed by atoms with Gasteiger partial charge in [0.25, 0.3) is 5.91 Å². The zero-order valence-corrected chi connectivity index (χ0v) is 24.4. The number of methoxy groups -OCH3 is 1. The lowest BCUT2D eigenvalue weighted by atomic mass is 9.98. The molecule has 2 atom stereocenters. The molecule has 1 aliphatic carbocycles. The van der Waals surface area contributed by atoms with E-state index in [1.165, 1.54) is 7.11 Å². The predicted molar refractivity (Wildman–Crippen MR) is 166 cm³/mol. The highest BCUT2D eigenvalue weighted by Crippen LogP contribution is 2.44. The summed E-state index contributed by atoms with van der Waals surface area (Å²) in [6, 6.07) is 28.0. The van der Waals surface area contributed by atoms with Gasteiger partial charge in [0.05, 0.1) is 19.8 Å². The lowest BCUT2D eigenvalue weighted by Crippen LogP contribution is -2.54. The fourth-order valence-corrected chi connectivity index (χ4v) is 5.19. The summed E-state index contributed by atoms with van der Waals surface area (Å²) in [6.45, 7) is 1.68. The van der Waals surface area contributed by atoms with Crippen molar-refractivity contribution in [2.24, 2.45) is 0 Å². The van der Waals surface area contributed by atoms with Crippen molar-refractivity contribution in [2.45, 2.75) is 31.5 Å². The van der Waals surface area contributed by atoms with Crippen molar-refractivity contribution in [3.63, 3.8) is 0 Å². The second-order valence-electron chi connectivity index (χ2n) is 10.4. The van der Waals surface area contributed by atoms with Crippen LogP contribution in [0, 0.1) is 11.8 Å². The molecule has 0 spiro atoms. The SMILES string of the molecule is COC(=O)[C@@H](NC(=O)c1ccc(C#Cc2ccc(CO)cc2)cc1)[C@@H](C)NC(=O)OCC1c2ccccc2-c2ccccc21. The van der Waals surface area contributed by atoms with E-state index in [2.05, 4.69) is 34.6 Å². The Morgan fingerprint density at radius 3 is 1.89 bits per heavy atom. The smallest absolute Gasteiger partial charge is 0.407 e. The zero-order chi connectivity index (χ0) is 31.1. The number of esters is 1. The lowest BCUT2D eigenvalue weighted by Gasteiger charge is -2.24. The highest BCUT2D eigenvalue weighted by molar-refractivity contribution is 5.97. The van der Waals surface area contributed by atoms with Gasteiger partial charge in [-0.15, -0.1) is 0 Å². The van der Waals surface area contributed by atoms with Crippen molar-refractivity contribution in [3.8, 4) is 23.0 Å². The van der Waals surface area contributed by atoms with Crippen LogP contribution in [-0.2, 0) is 20.9 Å². The average molecular weight is 589 g/mol. The van der Waals surface area contributed by atoms with Gasteiger partial charge in [-0.3, -0.25) is 4.79 Å². The van der Waals surface area contributed by atoms with E-state index in [1.54, 1.807) is 43.3 Å². The van der Waals surface area contributed by atoms with E-state index in [9.17, 15) is 14.4 Å². The number of aliphatic hydroxyl groups is 1. The number of carbonyl (C=O) groups is 3. The number of alkyl carbamates (subject to hydrolysis) is 1. The standard InChI is InChI=1S/C36H32N2O6/c1-23(37-36(42)44-22-32-30-9-5-3-7-28(30)29-8-4-6-10-31(29)32)33(35(41)43-2)38-34(40)27-19-17-25(18-20-27)12-11-24-13-15-26(21-39)16-14-24/h3-10,13-20,23,32-33,39H,21-22H2,1-2H3,(H,37,42)(H,38,40)/t23-,33+/m1/s1. The van der Waals surface area contributed by atoms with E-state index in [4.69, 9.17) is 14.6 Å². The van der Waals surface area contributed by atoms with E-state index < -0.39 is 30.1 Å². The molecule has 0 fully saturated rings. The fourth-order valence-electron chi connectivity index (χ4n) is 5.19. The molecule has 0 saturated carbocycles. The highest BCUT2D eigenvalue weighted by atomic mass is 16.5. The monoisotopic (exact) mass is 588 g/mol. The first-order chi connectivity index (χ1) is 21.4. The zero-order valence-electron chi connectivity index (χ0n) is 24.4. The molecule has 5 rings (SSSR count). The van der Waals surface area contributed by atoms with E-state index >= 15 is 0 Å². The third kappa shape index (κ3) is 6.80. The van der Waals surface area contributed by atoms with Crippen LogP contribution in [-0.4, -0.2) is 48.9 Å². The van der Waals surface area contributed by atoms with Gasteiger partial charge < -0.3 is 25.2 Å². The quantitative estimate of drug-likeness (QED) is 0.202. The number of hydrogen-bond acceptors (Lipinski definition) is 6. The number of fused-ring (bicyclic) bond motifs is 3. The Balaban J connectivity index is 1.19. The van der Waals surface area contributed by atoms with Gasteiger partial charge in [0.15, 0.2) is 0 Å². The minimum atomic E-state index is -1.16. The molecule has 0 bridgehead atoms. The molecule has 8 heteroatoms. The van der Waals surface area contributed by atoms with Crippen LogP contribution in [0.3, 0.4) is 0 Å². The van der Waals surface area contributed by atoms with Crippen LogP contribution in [0.15, 0.2) is 97.1 Å². The van der Waals surface area contributed by atoms with Gasteiger partial charge in [-0.25, -0.2) is 9.59 Å². The molecule has 0 radical (unpaired) electrons. The first-order valence-electron chi connectivity index (χ1n) is 14.2. The van der Waals surface area contributed by atoms with Crippen molar-refractivity contribution in [1.29, 1.82) is 0 Å². The molecule has 3 N–H and O–H groups in total. The normalized spacial score (nSPS) is 12.9. The van der Waals surface area contributed by atoms with E-state index in [-0.39, 0.29) is 19.1 Å². The number of carbonyl (C=O) groups excluding carboxylic acids is 3. The van der Waals surface area contributed by atoms with Crippen molar-refractivity contribution >= 4 is 18.0 Å². The van der Waals surface area contributed by atoms with E-state index in [0.717, 1.165) is 33.4 Å². The van der Waals surface area contributed by atoms with Crippen molar-refractivity contribution in [3.05, 3.63) is 130 Å². The number of rotatable bonds is 8. The van der Waals surface area contributed by atoms with Gasteiger partial charge in [0, 0.05) is 22.6 Å². The number of amides is 2. The molecule has 44 heavy (non-hydrogen) atoms. The minimum absolute atomic E-state index is 0.0294. The maximum Gasteiger partial charge on any atom is 0.407 e. The summed E-state index contributed by atoms with van der Waals surface area (Å²) in [5.41, 5.74) is 7.01. The first-order valence-corrected chi connectivity index (χ1v) is 14.2. The third-order valence-electron chi connectivity index (χ3n) is 7.57. The molecule has 2 amide bonds. The molecule has 4 aromatic carbocycles. The Kier molecular flexibility index (Phi) is 9.38. The van der Waals surface area contributed by atoms with Crippen molar-refractivity contribution < 1.29 is 29.0 Å². The Hall–Kier alpha value is -5.39. The molecule has 0 aromatic heterocycles. The van der Waals surface area contributed by atoms with E-state index in [1.807, 2.05) is 48.5 Å². The maximum absolute atomic E-state index is 13.0. The van der Waals surface area contributed by atoms with Crippen LogP contribution in [0.4, 0.5) is 4.79 Å². The van der Waals surface area contributed by atoms with Gasteiger partial charge in [0.1, 0.15) is 12.6 Å². The van der Waals surface area contributed by atoms with Gasteiger partial charge in [-0.2, -0.15) is 0 Å².